The van der Waals surface area contributed by atoms with Crippen LogP contribution in [0.2, 0.25) is 0 Å². The molecule has 1 saturated heterocycles. The zero-order valence-corrected chi connectivity index (χ0v) is 11.8. The largest absolute Gasteiger partial charge is 0.494 e. The van der Waals surface area contributed by atoms with Gasteiger partial charge in [-0.2, -0.15) is 0 Å². The molecule has 5 heteroatoms. The first-order chi connectivity index (χ1) is 9.61. The Bertz CT molecular complexity index is 476. The molecule has 1 aromatic carbocycles. The summed E-state index contributed by atoms with van der Waals surface area (Å²) in [7, 11) is 0. The minimum absolute atomic E-state index is 0.0512. The van der Waals surface area contributed by atoms with Crippen molar-refractivity contribution in [3.63, 3.8) is 0 Å². The molecule has 0 radical (unpaired) electrons. The molecule has 1 aliphatic heterocycles. The van der Waals surface area contributed by atoms with Crippen LogP contribution in [0.3, 0.4) is 0 Å². The Labute approximate surface area is 119 Å². The van der Waals surface area contributed by atoms with Crippen LogP contribution in [0.1, 0.15) is 17.3 Å². The van der Waals surface area contributed by atoms with Crippen molar-refractivity contribution in [1.29, 1.82) is 0 Å². The van der Waals surface area contributed by atoms with Crippen molar-refractivity contribution in [1.82, 2.24) is 9.80 Å². The van der Waals surface area contributed by atoms with Gasteiger partial charge in [0.1, 0.15) is 5.75 Å². The Morgan fingerprint density at radius 2 is 1.75 bits per heavy atom. The first-order valence-electron chi connectivity index (χ1n) is 6.83. The van der Waals surface area contributed by atoms with Crippen LogP contribution in [0.15, 0.2) is 36.7 Å². The van der Waals surface area contributed by atoms with E-state index in [1.54, 1.807) is 0 Å². The SMILES string of the molecule is C=C(N)N1CCN(C(=O)c2ccc(OCC)cc2)CC1. The summed E-state index contributed by atoms with van der Waals surface area (Å²) < 4.78 is 5.37. The van der Waals surface area contributed by atoms with Crippen molar-refractivity contribution in [2.24, 2.45) is 5.73 Å². The molecule has 20 heavy (non-hydrogen) atoms. The molecule has 5 nitrogen and oxygen atoms in total. The minimum Gasteiger partial charge on any atom is -0.494 e. The lowest BCUT2D eigenvalue weighted by molar-refractivity contribution is 0.0668. The van der Waals surface area contributed by atoms with Gasteiger partial charge in [-0.3, -0.25) is 4.79 Å². The Morgan fingerprint density at radius 1 is 1.20 bits per heavy atom. The topological polar surface area (TPSA) is 58.8 Å². The number of nitrogens with two attached hydrogens (primary N) is 1. The average Bonchev–Trinajstić information content (AvgIpc) is 2.48. The second-order valence-corrected chi connectivity index (χ2v) is 4.73. The summed E-state index contributed by atoms with van der Waals surface area (Å²) in [5.74, 6) is 1.40. The Morgan fingerprint density at radius 3 is 2.25 bits per heavy atom. The van der Waals surface area contributed by atoms with E-state index in [1.807, 2.05) is 41.0 Å². The minimum atomic E-state index is 0.0512. The monoisotopic (exact) mass is 275 g/mol. The van der Waals surface area contributed by atoms with Gasteiger partial charge in [-0.1, -0.05) is 6.58 Å². The van der Waals surface area contributed by atoms with Crippen LogP contribution >= 0.6 is 0 Å². The summed E-state index contributed by atoms with van der Waals surface area (Å²) in [6, 6.07) is 7.27. The molecule has 2 rings (SSSR count). The predicted octanol–water partition coefficient (Wildman–Crippen LogP) is 1.27. The standard InChI is InChI=1S/C15H21N3O2/c1-3-20-14-6-4-13(5-7-14)15(19)18-10-8-17(9-11-18)12(2)16/h4-7H,2-3,8-11,16H2,1H3. The van der Waals surface area contributed by atoms with Crippen LogP contribution in [0.4, 0.5) is 0 Å². The average molecular weight is 275 g/mol. The summed E-state index contributed by atoms with van der Waals surface area (Å²) >= 11 is 0. The summed E-state index contributed by atoms with van der Waals surface area (Å²) in [4.78, 5) is 16.2. The normalized spacial score (nSPS) is 15.1. The lowest BCUT2D eigenvalue weighted by Crippen LogP contribution is -2.49. The lowest BCUT2D eigenvalue weighted by Gasteiger charge is -2.35. The molecular formula is C15H21N3O2. The molecule has 108 valence electrons. The Balaban J connectivity index is 1.96. The molecule has 0 bridgehead atoms. The van der Waals surface area contributed by atoms with E-state index in [-0.39, 0.29) is 5.91 Å². The fraction of sp³-hybridized carbons (Fsp3) is 0.400. The van der Waals surface area contributed by atoms with Gasteiger partial charge in [0.05, 0.1) is 12.4 Å². The smallest absolute Gasteiger partial charge is 0.253 e. The number of hydrogen-bond acceptors (Lipinski definition) is 4. The quantitative estimate of drug-likeness (QED) is 0.899. The van der Waals surface area contributed by atoms with Gasteiger partial charge in [-0.25, -0.2) is 0 Å². The maximum absolute atomic E-state index is 12.4. The van der Waals surface area contributed by atoms with Gasteiger partial charge in [0.2, 0.25) is 0 Å². The van der Waals surface area contributed by atoms with Crippen molar-refractivity contribution in [2.75, 3.05) is 32.8 Å². The van der Waals surface area contributed by atoms with Gasteiger partial charge < -0.3 is 20.3 Å². The van der Waals surface area contributed by atoms with Crippen LogP contribution in [0.5, 0.6) is 5.75 Å². The first-order valence-corrected chi connectivity index (χ1v) is 6.83. The first kappa shape index (κ1) is 14.2. The van der Waals surface area contributed by atoms with E-state index < -0.39 is 0 Å². The van der Waals surface area contributed by atoms with Gasteiger partial charge in [0.25, 0.3) is 5.91 Å². The molecule has 1 heterocycles. The second-order valence-electron chi connectivity index (χ2n) is 4.73. The molecule has 0 saturated carbocycles. The number of carbonyl (C=O) groups excluding carboxylic acids is 1. The number of amides is 1. The highest BCUT2D eigenvalue weighted by atomic mass is 16.5. The zero-order chi connectivity index (χ0) is 14.5. The molecule has 0 spiro atoms. The molecule has 2 N–H and O–H groups in total. The maximum atomic E-state index is 12.4. The lowest BCUT2D eigenvalue weighted by atomic mass is 10.1. The van der Waals surface area contributed by atoms with Gasteiger partial charge in [0, 0.05) is 31.7 Å². The van der Waals surface area contributed by atoms with E-state index in [0.29, 0.717) is 31.1 Å². The maximum Gasteiger partial charge on any atom is 0.253 e. The van der Waals surface area contributed by atoms with Crippen LogP contribution in [-0.4, -0.2) is 48.5 Å². The van der Waals surface area contributed by atoms with Crippen LogP contribution in [0.25, 0.3) is 0 Å². The van der Waals surface area contributed by atoms with E-state index in [9.17, 15) is 4.79 Å². The van der Waals surface area contributed by atoms with Gasteiger partial charge in [0.15, 0.2) is 0 Å². The van der Waals surface area contributed by atoms with E-state index in [2.05, 4.69) is 6.58 Å². The summed E-state index contributed by atoms with van der Waals surface area (Å²) in [6.07, 6.45) is 0. The highest BCUT2D eigenvalue weighted by Crippen LogP contribution is 2.15. The molecule has 0 aromatic heterocycles. The molecule has 1 aromatic rings. The summed E-state index contributed by atoms with van der Waals surface area (Å²) in [5, 5.41) is 0. The number of rotatable bonds is 4. The fourth-order valence-corrected chi connectivity index (χ4v) is 2.24. The third kappa shape index (κ3) is 3.23. The molecule has 0 atom stereocenters. The van der Waals surface area contributed by atoms with Crippen molar-refractivity contribution < 1.29 is 9.53 Å². The van der Waals surface area contributed by atoms with Crippen molar-refractivity contribution >= 4 is 5.91 Å². The number of ether oxygens (including phenoxy) is 1. The highest BCUT2D eigenvalue weighted by molar-refractivity contribution is 5.94. The number of hydrogen-bond donors (Lipinski definition) is 1. The molecule has 0 aliphatic carbocycles. The fourth-order valence-electron chi connectivity index (χ4n) is 2.24. The molecule has 1 aliphatic rings. The van der Waals surface area contributed by atoms with Crippen molar-refractivity contribution in [3.05, 3.63) is 42.2 Å². The van der Waals surface area contributed by atoms with Crippen LogP contribution in [0, 0.1) is 0 Å². The van der Waals surface area contributed by atoms with E-state index in [4.69, 9.17) is 10.5 Å². The predicted molar refractivity (Wildman–Crippen MR) is 78.4 cm³/mol. The van der Waals surface area contributed by atoms with Crippen molar-refractivity contribution in [3.8, 4) is 5.75 Å². The number of piperazine rings is 1. The molecule has 1 amide bonds. The molecule has 1 fully saturated rings. The second kappa shape index (κ2) is 6.32. The highest BCUT2D eigenvalue weighted by Gasteiger charge is 2.21. The number of benzene rings is 1. The van der Waals surface area contributed by atoms with Crippen molar-refractivity contribution in [2.45, 2.75) is 6.92 Å². The Kier molecular flexibility index (Phi) is 4.50. The zero-order valence-electron chi connectivity index (χ0n) is 11.8. The third-order valence-corrected chi connectivity index (χ3v) is 3.39. The molecule has 0 unspecified atom stereocenters. The molecular weight excluding hydrogens is 254 g/mol. The van der Waals surface area contributed by atoms with E-state index >= 15 is 0 Å². The summed E-state index contributed by atoms with van der Waals surface area (Å²) in [6.45, 7) is 9.08. The third-order valence-electron chi connectivity index (χ3n) is 3.39. The van der Waals surface area contributed by atoms with Gasteiger partial charge in [-0.15, -0.1) is 0 Å². The van der Waals surface area contributed by atoms with E-state index in [0.717, 1.165) is 18.8 Å². The Hall–Kier alpha value is -2.17. The van der Waals surface area contributed by atoms with Gasteiger partial charge >= 0.3 is 0 Å². The van der Waals surface area contributed by atoms with Crippen LogP contribution in [-0.2, 0) is 0 Å². The number of nitrogens with zero attached hydrogens (tertiary/aromatic N) is 2. The number of carbonyl (C=O) groups is 1. The summed E-state index contributed by atoms with van der Waals surface area (Å²) in [5.41, 5.74) is 6.35. The van der Waals surface area contributed by atoms with Crippen LogP contribution < -0.4 is 10.5 Å². The van der Waals surface area contributed by atoms with E-state index in [1.165, 1.54) is 0 Å². The van der Waals surface area contributed by atoms with Gasteiger partial charge in [-0.05, 0) is 31.2 Å².